The summed E-state index contributed by atoms with van der Waals surface area (Å²) in [4.78, 5) is 30.5. The minimum Gasteiger partial charge on any atom is -0.348 e. The number of hydrogen-bond donors (Lipinski definition) is 2. The lowest BCUT2D eigenvalue weighted by Crippen LogP contribution is -2.42. The van der Waals surface area contributed by atoms with Gasteiger partial charge in [-0.05, 0) is 23.8 Å². The van der Waals surface area contributed by atoms with Gasteiger partial charge in [0, 0.05) is 12.7 Å². The average molecular weight is 386 g/mol. The smallest absolute Gasteiger partial charge is 0.278 e. The van der Waals surface area contributed by atoms with Crippen LogP contribution in [0.2, 0.25) is 0 Å². The molecule has 0 radical (unpaired) electrons. The maximum Gasteiger partial charge on any atom is 0.278 e. The maximum absolute atomic E-state index is 13.0. The summed E-state index contributed by atoms with van der Waals surface area (Å²) in [6, 6.07) is 16.4. The highest BCUT2D eigenvalue weighted by Gasteiger charge is 2.23. The van der Waals surface area contributed by atoms with E-state index in [0.29, 0.717) is 29.8 Å². The molecule has 0 atom stereocenters. The van der Waals surface area contributed by atoms with Crippen molar-refractivity contribution in [1.29, 1.82) is 0 Å². The molecule has 0 spiro atoms. The molecule has 7 nitrogen and oxygen atoms in total. The van der Waals surface area contributed by atoms with E-state index in [1.165, 1.54) is 10.5 Å². The van der Waals surface area contributed by atoms with E-state index in [9.17, 15) is 9.59 Å². The molecule has 1 amide bonds. The van der Waals surface area contributed by atoms with Crippen LogP contribution in [0.4, 0.5) is 5.82 Å². The number of carbonyl (C=O) groups is 1. The molecule has 144 valence electrons. The number of anilines is 1. The summed E-state index contributed by atoms with van der Waals surface area (Å²) >= 11 is 0. The third-order valence-corrected chi connectivity index (χ3v) is 4.71. The molecule has 0 bridgehead atoms. The Balaban J connectivity index is 1.85. The van der Waals surface area contributed by atoms with Crippen LogP contribution in [-0.4, -0.2) is 15.3 Å². The fourth-order valence-electron chi connectivity index (χ4n) is 3.27. The first-order valence-corrected chi connectivity index (χ1v) is 9.16. The van der Waals surface area contributed by atoms with Gasteiger partial charge in [-0.2, -0.15) is 0 Å². The first-order chi connectivity index (χ1) is 14.1. The summed E-state index contributed by atoms with van der Waals surface area (Å²) in [7, 11) is 0. The number of carbonyl (C=O) groups excluding carboxylic acids is 1. The zero-order chi connectivity index (χ0) is 20.4. The summed E-state index contributed by atoms with van der Waals surface area (Å²) in [5.41, 5.74) is 8.15. The lowest BCUT2D eigenvalue weighted by Gasteiger charge is -2.11. The van der Waals surface area contributed by atoms with Crippen molar-refractivity contribution in [1.82, 2.24) is 14.7 Å². The normalized spacial score (nSPS) is 10.9. The molecule has 0 unspecified atom stereocenters. The van der Waals surface area contributed by atoms with Gasteiger partial charge in [0.05, 0.1) is 6.54 Å². The molecule has 1 aromatic carbocycles. The Hall–Kier alpha value is -4.00. The molecule has 29 heavy (non-hydrogen) atoms. The zero-order valence-electron chi connectivity index (χ0n) is 15.7. The Bertz CT molecular complexity index is 1300. The Morgan fingerprint density at radius 2 is 1.97 bits per heavy atom. The molecular weight excluding hydrogens is 366 g/mol. The molecule has 0 saturated heterocycles. The number of hydrogen-bond acceptors (Lipinski definition) is 4. The highest BCUT2D eigenvalue weighted by molar-refractivity contribution is 6.00. The second-order valence-corrected chi connectivity index (χ2v) is 6.59. The molecule has 0 aliphatic rings. The van der Waals surface area contributed by atoms with Crippen molar-refractivity contribution in [2.45, 2.75) is 13.1 Å². The number of nitrogens with one attached hydrogen (secondary N) is 1. The van der Waals surface area contributed by atoms with E-state index in [2.05, 4.69) is 16.9 Å². The number of rotatable bonds is 5. The van der Waals surface area contributed by atoms with Gasteiger partial charge in [0.15, 0.2) is 0 Å². The highest BCUT2D eigenvalue weighted by Crippen LogP contribution is 2.15. The van der Waals surface area contributed by atoms with E-state index in [1.807, 2.05) is 30.3 Å². The number of nitrogen functional groups attached to an aromatic ring is 1. The van der Waals surface area contributed by atoms with Crippen LogP contribution in [0, 0.1) is 0 Å². The van der Waals surface area contributed by atoms with Crippen molar-refractivity contribution in [2.24, 2.45) is 0 Å². The fraction of sp³-hybridized carbons (Fsp3) is 0.0909. The van der Waals surface area contributed by atoms with Crippen molar-refractivity contribution in [2.75, 3.05) is 5.73 Å². The van der Waals surface area contributed by atoms with Gasteiger partial charge < -0.3 is 11.1 Å². The molecule has 3 aromatic heterocycles. The van der Waals surface area contributed by atoms with E-state index < -0.39 is 0 Å². The van der Waals surface area contributed by atoms with Crippen LogP contribution in [-0.2, 0) is 13.1 Å². The van der Waals surface area contributed by atoms with Crippen LogP contribution >= 0.6 is 0 Å². The lowest BCUT2D eigenvalue weighted by molar-refractivity contribution is -0.648. The van der Waals surface area contributed by atoms with Crippen LogP contribution in [0.25, 0.3) is 16.7 Å². The summed E-state index contributed by atoms with van der Waals surface area (Å²) in [6.07, 6.45) is 3.30. The maximum atomic E-state index is 13.0. The van der Waals surface area contributed by atoms with Gasteiger partial charge in [-0.15, -0.1) is 0 Å². The number of benzene rings is 1. The predicted molar refractivity (Wildman–Crippen MR) is 111 cm³/mol. The van der Waals surface area contributed by atoms with Crippen LogP contribution in [0.1, 0.15) is 15.9 Å². The number of nitrogens with two attached hydrogens (primary N) is 1. The Morgan fingerprint density at radius 3 is 2.72 bits per heavy atom. The van der Waals surface area contributed by atoms with Crippen molar-refractivity contribution in [3.63, 3.8) is 0 Å². The van der Waals surface area contributed by atoms with E-state index in [0.717, 1.165) is 5.56 Å². The zero-order valence-corrected chi connectivity index (χ0v) is 15.7. The van der Waals surface area contributed by atoms with Crippen LogP contribution < -0.4 is 21.2 Å². The minimum absolute atomic E-state index is 0.227. The summed E-state index contributed by atoms with van der Waals surface area (Å²) in [5.74, 6) is -0.126. The van der Waals surface area contributed by atoms with Gasteiger partial charge in [-0.3, -0.25) is 14.0 Å². The molecule has 3 heterocycles. The van der Waals surface area contributed by atoms with E-state index in [4.69, 9.17) is 5.73 Å². The molecule has 0 aliphatic carbocycles. The molecule has 0 fully saturated rings. The first kappa shape index (κ1) is 18.4. The van der Waals surface area contributed by atoms with Gasteiger partial charge in [-0.1, -0.05) is 54.0 Å². The van der Waals surface area contributed by atoms with Gasteiger partial charge in [0.1, 0.15) is 10.9 Å². The number of fused-ring (bicyclic) bond motifs is 2. The Kier molecular flexibility index (Phi) is 4.78. The lowest BCUT2D eigenvalue weighted by atomic mass is 10.1. The molecule has 7 heteroatoms. The van der Waals surface area contributed by atoms with Gasteiger partial charge in [0.25, 0.3) is 17.1 Å². The van der Waals surface area contributed by atoms with Gasteiger partial charge >= 0.3 is 0 Å². The molecule has 4 aromatic rings. The number of pyridine rings is 2. The topological polar surface area (TPSA) is 93.4 Å². The van der Waals surface area contributed by atoms with Gasteiger partial charge in [0.2, 0.25) is 11.5 Å². The molecule has 0 saturated carbocycles. The fourth-order valence-corrected chi connectivity index (χ4v) is 3.27. The number of nitrogens with zero attached hydrogens (tertiary/aromatic N) is 3. The monoisotopic (exact) mass is 386 g/mol. The summed E-state index contributed by atoms with van der Waals surface area (Å²) in [6.45, 7) is 4.42. The summed E-state index contributed by atoms with van der Waals surface area (Å²) in [5, 5.41) is 3.17. The quantitative estimate of drug-likeness (QED) is 0.311. The van der Waals surface area contributed by atoms with E-state index in [1.54, 1.807) is 35.0 Å². The average Bonchev–Trinajstić information content (AvgIpc) is 2.75. The number of amides is 1. The third kappa shape index (κ3) is 3.34. The predicted octanol–water partition coefficient (Wildman–Crippen LogP) is 1.83. The second kappa shape index (κ2) is 7.55. The second-order valence-electron chi connectivity index (χ2n) is 6.59. The standard InChI is InChI=1S/C22H19N5O2/c1-2-11-27-19(23)16(21(28)24-14-15-8-4-3-5-9-15)13-17-20(27)25-18-10-6-7-12-26(18)22(17)29/h2-10,12-13,23H,1,11,14H2,(H,24,28)/p+1. The minimum atomic E-state index is -0.358. The molecule has 0 aliphatic heterocycles. The van der Waals surface area contributed by atoms with Crippen LogP contribution in [0.5, 0.6) is 0 Å². The number of allylic oxidation sites excluding steroid dienone is 1. The molecule has 4 rings (SSSR count). The molecular formula is C22H20N5O2+. The summed E-state index contributed by atoms with van der Waals surface area (Å²) < 4.78 is 3.08. The SMILES string of the molecule is C=CC[n+]1c(N)c(C(=O)NCc2ccccc2)cc2c(=O)n3ccccc3nc21. The van der Waals surface area contributed by atoms with Crippen molar-refractivity contribution in [3.05, 3.63) is 94.9 Å². The molecule has 3 N–H and O–H groups in total. The van der Waals surface area contributed by atoms with Crippen molar-refractivity contribution < 1.29 is 9.36 Å². The van der Waals surface area contributed by atoms with E-state index in [-0.39, 0.29) is 22.8 Å². The van der Waals surface area contributed by atoms with E-state index >= 15 is 0 Å². The van der Waals surface area contributed by atoms with Crippen LogP contribution in [0.15, 0.2) is 78.2 Å². The largest absolute Gasteiger partial charge is 0.348 e. The Morgan fingerprint density at radius 1 is 1.21 bits per heavy atom. The third-order valence-electron chi connectivity index (χ3n) is 4.71. The van der Waals surface area contributed by atoms with Crippen molar-refractivity contribution in [3.8, 4) is 0 Å². The van der Waals surface area contributed by atoms with Gasteiger partial charge in [-0.25, -0.2) is 4.57 Å². The Labute approximate surface area is 166 Å². The van der Waals surface area contributed by atoms with Crippen LogP contribution in [0.3, 0.4) is 0 Å². The number of aromatic nitrogens is 3. The first-order valence-electron chi connectivity index (χ1n) is 9.16. The highest BCUT2D eigenvalue weighted by atomic mass is 16.1. The van der Waals surface area contributed by atoms with Crippen molar-refractivity contribution >= 4 is 28.4 Å².